The van der Waals surface area contributed by atoms with Crippen molar-refractivity contribution in [2.75, 3.05) is 11.5 Å². The number of halogens is 2. The van der Waals surface area contributed by atoms with Gasteiger partial charge >= 0.3 is 0 Å². The van der Waals surface area contributed by atoms with Gasteiger partial charge in [0.1, 0.15) is 0 Å². The predicted octanol–water partition coefficient (Wildman–Crippen LogP) is 2.35. The van der Waals surface area contributed by atoms with Crippen LogP contribution in [0.4, 0.5) is 8.78 Å². The molecule has 0 bridgehead atoms. The standard InChI is InChI=1S/C6H9F2S/c7-6(8)4-9-3-5-1-2-5/h6H,1-4H2. The van der Waals surface area contributed by atoms with Crippen LogP contribution in [0.3, 0.4) is 0 Å². The summed E-state index contributed by atoms with van der Waals surface area (Å²) in [4.78, 5) is 0. The molecule has 0 aromatic heterocycles. The number of hydrogen-bond acceptors (Lipinski definition) is 1. The Kier molecular flexibility index (Phi) is 2.76. The lowest BCUT2D eigenvalue weighted by Gasteiger charge is -1.96. The van der Waals surface area contributed by atoms with E-state index in [1.165, 1.54) is 30.5 Å². The third kappa shape index (κ3) is 3.73. The maximum Gasteiger partial charge on any atom is 0.247 e. The molecule has 0 aromatic rings. The normalized spacial score (nSPS) is 19.0. The van der Waals surface area contributed by atoms with Gasteiger partial charge in [-0.15, -0.1) is 0 Å². The molecule has 1 rings (SSSR count). The molecular weight excluding hydrogens is 142 g/mol. The van der Waals surface area contributed by atoms with E-state index in [0.717, 1.165) is 5.75 Å². The molecule has 1 aliphatic carbocycles. The van der Waals surface area contributed by atoms with Gasteiger partial charge in [0.25, 0.3) is 0 Å². The second-order valence-electron chi connectivity index (χ2n) is 2.16. The zero-order valence-corrected chi connectivity index (χ0v) is 5.89. The van der Waals surface area contributed by atoms with Gasteiger partial charge in [-0.1, -0.05) is 0 Å². The van der Waals surface area contributed by atoms with Gasteiger partial charge in [0, 0.05) is 0 Å². The highest BCUT2D eigenvalue weighted by Crippen LogP contribution is 2.35. The lowest BCUT2D eigenvalue weighted by molar-refractivity contribution is 0.177. The van der Waals surface area contributed by atoms with Crippen LogP contribution in [0.5, 0.6) is 0 Å². The molecule has 1 saturated carbocycles. The Morgan fingerprint density at radius 1 is 1.44 bits per heavy atom. The first-order valence-corrected chi connectivity index (χ1v) is 4.14. The van der Waals surface area contributed by atoms with Gasteiger partial charge in [0.2, 0.25) is 6.43 Å². The third-order valence-electron chi connectivity index (χ3n) is 1.15. The molecule has 9 heavy (non-hydrogen) atoms. The molecule has 0 aromatic carbocycles. The largest absolute Gasteiger partial charge is 0.247 e. The molecule has 0 N–H and O–H groups in total. The Hall–Kier alpha value is 0.210. The van der Waals surface area contributed by atoms with Crippen LogP contribution >= 0.6 is 11.8 Å². The van der Waals surface area contributed by atoms with Gasteiger partial charge in [-0.3, -0.25) is 0 Å². The number of alkyl halides is 2. The SMILES string of the molecule is FC(F)CSC[C]1CC1. The molecule has 0 spiro atoms. The van der Waals surface area contributed by atoms with Crippen molar-refractivity contribution >= 4 is 11.8 Å². The fourth-order valence-electron chi connectivity index (χ4n) is 0.525. The first-order valence-electron chi connectivity index (χ1n) is 2.98. The highest BCUT2D eigenvalue weighted by atomic mass is 32.2. The first-order chi connectivity index (χ1) is 4.29. The highest BCUT2D eigenvalue weighted by molar-refractivity contribution is 7.99. The van der Waals surface area contributed by atoms with Crippen LogP contribution in [-0.2, 0) is 0 Å². The molecule has 53 valence electrons. The summed E-state index contributed by atoms with van der Waals surface area (Å²) < 4.78 is 23.0. The number of thioether (sulfide) groups is 1. The van der Waals surface area contributed by atoms with Gasteiger partial charge in [0.05, 0.1) is 5.75 Å². The second-order valence-corrected chi connectivity index (χ2v) is 3.19. The van der Waals surface area contributed by atoms with Crippen LogP contribution in [0.1, 0.15) is 12.8 Å². The monoisotopic (exact) mass is 151 g/mol. The number of hydrogen-bond donors (Lipinski definition) is 0. The molecule has 0 saturated heterocycles. The van der Waals surface area contributed by atoms with Crippen molar-refractivity contribution in [2.24, 2.45) is 0 Å². The zero-order chi connectivity index (χ0) is 6.69. The number of rotatable bonds is 4. The summed E-state index contributed by atoms with van der Waals surface area (Å²) >= 11 is 1.34. The Balaban J connectivity index is 1.81. The lowest BCUT2D eigenvalue weighted by atomic mass is 10.5. The molecule has 0 unspecified atom stereocenters. The van der Waals surface area contributed by atoms with Crippen LogP contribution in [0.2, 0.25) is 0 Å². The van der Waals surface area contributed by atoms with E-state index < -0.39 is 6.43 Å². The van der Waals surface area contributed by atoms with E-state index in [-0.39, 0.29) is 5.75 Å². The van der Waals surface area contributed by atoms with Gasteiger partial charge in [-0.05, 0) is 24.5 Å². The third-order valence-corrected chi connectivity index (χ3v) is 2.25. The average Bonchev–Trinajstić information content (AvgIpc) is 2.48. The molecule has 1 fully saturated rings. The summed E-state index contributed by atoms with van der Waals surface area (Å²) in [5.41, 5.74) is 0. The summed E-state index contributed by atoms with van der Waals surface area (Å²) in [5.74, 6) is 2.31. The Bertz CT molecular complexity index is 79.1. The summed E-state index contributed by atoms with van der Waals surface area (Å²) in [6, 6.07) is 0. The topological polar surface area (TPSA) is 0 Å². The highest BCUT2D eigenvalue weighted by Gasteiger charge is 2.21. The minimum absolute atomic E-state index is 0.00347. The van der Waals surface area contributed by atoms with Gasteiger partial charge in [0.15, 0.2) is 0 Å². The summed E-state index contributed by atoms with van der Waals surface area (Å²) in [7, 11) is 0. The van der Waals surface area contributed by atoms with Crippen molar-refractivity contribution in [2.45, 2.75) is 19.3 Å². The Morgan fingerprint density at radius 2 is 2.11 bits per heavy atom. The van der Waals surface area contributed by atoms with Crippen molar-refractivity contribution in [3.8, 4) is 0 Å². The fourth-order valence-corrected chi connectivity index (χ4v) is 1.40. The van der Waals surface area contributed by atoms with Crippen molar-refractivity contribution in [3.05, 3.63) is 5.92 Å². The van der Waals surface area contributed by atoms with Crippen molar-refractivity contribution in [3.63, 3.8) is 0 Å². The summed E-state index contributed by atoms with van der Waals surface area (Å²) in [5, 5.41) is 0. The molecule has 0 nitrogen and oxygen atoms in total. The van der Waals surface area contributed by atoms with Crippen LogP contribution in [-0.4, -0.2) is 17.9 Å². The van der Waals surface area contributed by atoms with E-state index in [1.807, 2.05) is 0 Å². The molecule has 0 amide bonds. The van der Waals surface area contributed by atoms with Crippen molar-refractivity contribution in [1.29, 1.82) is 0 Å². The Labute approximate surface area is 58.0 Å². The van der Waals surface area contributed by atoms with Crippen molar-refractivity contribution in [1.82, 2.24) is 0 Å². The predicted molar refractivity (Wildman–Crippen MR) is 35.8 cm³/mol. The minimum atomic E-state index is -2.13. The Morgan fingerprint density at radius 3 is 2.56 bits per heavy atom. The van der Waals surface area contributed by atoms with Crippen LogP contribution < -0.4 is 0 Å². The second kappa shape index (κ2) is 3.40. The molecule has 0 aliphatic heterocycles. The molecule has 3 heteroatoms. The maximum atomic E-state index is 11.5. The van der Waals surface area contributed by atoms with E-state index in [2.05, 4.69) is 0 Å². The summed E-state index contributed by atoms with van der Waals surface area (Å²) in [6.45, 7) is 0. The zero-order valence-electron chi connectivity index (χ0n) is 5.07. The molecule has 1 radical (unpaired) electrons. The van der Waals surface area contributed by atoms with Crippen molar-refractivity contribution < 1.29 is 8.78 Å². The van der Waals surface area contributed by atoms with E-state index in [4.69, 9.17) is 0 Å². The molecule has 1 aliphatic rings. The molecular formula is C6H9F2S. The summed E-state index contributed by atoms with van der Waals surface area (Å²) in [6.07, 6.45) is 0.223. The van der Waals surface area contributed by atoms with Crippen LogP contribution in [0, 0.1) is 5.92 Å². The quantitative estimate of drug-likeness (QED) is 0.594. The van der Waals surface area contributed by atoms with E-state index in [9.17, 15) is 8.78 Å². The van der Waals surface area contributed by atoms with Gasteiger partial charge < -0.3 is 0 Å². The molecule has 0 atom stereocenters. The first kappa shape index (κ1) is 7.32. The van der Waals surface area contributed by atoms with E-state index >= 15 is 0 Å². The van der Waals surface area contributed by atoms with Crippen LogP contribution in [0.15, 0.2) is 0 Å². The van der Waals surface area contributed by atoms with Gasteiger partial charge in [-0.25, -0.2) is 8.78 Å². The van der Waals surface area contributed by atoms with Crippen LogP contribution in [0.25, 0.3) is 0 Å². The van der Waals surface area contributed by atoms with E-state index in [1.54, 1.807) is 0 Å². The lowest BCUT2D eigenvalue weighted by Crippen LogP contribution is -1.94. The van der Waals surface area contributed by atoms with E-state index in [0.29, 0.717) is 0 Å². The molecule has 0 heterocycles. The smallest absolute Gasteiger partial charge is 0.210 e. The minimum Gasteiger partial charge on any atom is -0.210 e. The van der Waals surface area contributed by atoms with Gasteiger partial charge in [-0.2, -0.15) is 11.8 Å². The fraction of sp³-hybridized carbons (Fsp3) is 0.833. The maximum absolute atomic E-state index is 11.5. The average molecular weight is 151 g/mol.